The third-order valence-corrected chi connectivity index (χ3v) is 6.79. The Bertz CT molecular complexity index is 1350. The van der Waals surface area contributed by atoms with Crippen LogP contribution in [0.15, 0.2) is 46.8 Å². The van der Waals surface area contributed by atoms with Crippen LogP contribution in [0, 0.1) is 6.92 Å². The van der Waals surface area contributed by atoms with Gasteiger partial charge in [0, 0.05) is 48.4 Å². The lowest BCUT2D eigenvalue weighted by Gasteiger charge is -2.26. The molecule has 1 amide bonds. The van der Waals surface area contributed by atoms with E-state index in [-0.39, 0.29) is 11.5 Å². The Kier molecular flexibility index (Phi) is 4.95. The molecule has 1 aliphatic heterocycles. The van der Waals surface area contributed by atoms with Crippen molar-refractivity contribution in [1.82, 2.24) is 19.4 Å². The summed E-state index contributed by atoms with van der Waals surface area (Å²) in [6.45, 7) is 4.01. The zero-order chi connectivity index (χ0) is 21.5. The highest BCUT2D eigenvalue weighted by Crippen LogP contribution is 2.29. The molecule has 7 nitrogen and oxygen atoms in total. The fraction of sp³-hybridized carbons (Fsp3) is 0.261. The maximum atomic E-state index is 12.7. The molecule has 0 spiro atoms. The summed E-state index contributed by atoms with van der Waals surface area (Å²) in [5.41, 5.74) is 4.37. The summed E-state index contributed by atoms with van der Waals surface area (Å²) in [5.74, 6) is 0.435. The van der Waals surface area contributed by atoms with Crippen molar-refractivity contribution >= 4 is 34.0 Å². The zero-order valence-corrected chi connectivity index (χ0v) is 18.3. The molecular formula is C23H23N5O2S. The van der Waals surface area contributed by atoms with Crippen molar-refractivity contribution < 1.29 is 4.79 Å². The topological polar surface area (TPSA) is 83.0 Å². The minimum Gasteiger partial charge on any atom is -0.357 e. The third-order valence-electron chi connectivity index (χ3n) is 5.77. The lowest BCUT2D eigenvalue weighted by atomic mass is 10.0. The minimum absolute atomic E-state index is 0.0757. The molecule has 0 saturated heterocycles. The summed E-state index contributed by atoms with van der Waals surface area (Å²) in [4.78, 5) is 36.4. The summed E-state index contributed by atoms with van der Waals surface area (Å²) in [5, 5.41) is 5.89. The zero-order valence-electron chi connectivity index (χ0n) is 17.4. The molecule has 0 unspecified atom stereocenters. The second-order valence-electron chi connectivity index (χ2n) is 7.97. The Morgan fingerprint density at radius 1 is 1.29 bits per heavy atom. The first-order valence-electron chi connectivity index (χ1n) is 10.2. The number of fused-ring (bicyclic) bond motifs is 2. The van der Waals surface area contributed by atoms with Crippen LogP contribution in [0.5, 0.6) is 0 Å². The number of pyridine rings is 2. The molecule has 4 aromatic rings. The predicted molar refractivity (Wildman–Crippen MR) is 123 cm³/mol. The van der Waals surface area contributed by atoms with Crippen LogP contribution in [-0.2, 0) is 24.8 Å². The van der Waals surface area contributed by atoms with E-state index < -0.39 is 0 Å². The number of aryl methyl sites for hydroxylation is 2. The number of thiophene rings is 1. The fourth-order valence-corrected chi connectivity index (χ4v) is 5.05. The fourth-order valence-electron chi connectivity index (χ4n) is 4.16. The number of carbonyl (C=O) groups is 1. The van der Waals surface area contributed by atoms with Gasteiger partial charge in [0.25, 0.3) is 5.56 Å². The molecule has 0 saturated carbocycles. The van der Waals surface area contributed by atoms with Crippen LogP contribution in [-0.4, -0.2) is 38.4 Å². The molecule has 0 aliphatic carbocycles. The van der Waals surface area contributed by atoms with Gasteiger partial charge in [0.2, 0.25) is 5.91 Å². The predicted octanol–water partition coefficient (Wildman–Crippen LogP) is 3.30. The van der Waals surface area contributed by atoms with Crippen molar-refractivity contribution in [3.8, 4) is 11.3 Å². The van der Waals surface area contributed by atoms with Gasteiger partial charge in [0.1, 0.15) is 11.3 Å². The lowest BCUT2D eigenvalue weighted by molar-refractivity contribution is -0.117. The normalized spacial score (nSPS) is 14.0. The maximum absolute atomic E-state index is 12.7. The van der Waals surface area contributed by atoms with Crippen LogP contribution in [0.2, 0.25) is 0 Å². The number of carbonyl (C=O) groups excluding carboxylic acids is 1. The first-order valence-corrected chi connectivity index (χ1v) is 11.1. The van der Waals surface area contributed by atoms with Crippen LogP contribution >= 0.6 is 11.3 Å². The average molecular weight is 434 g/mol. The number of anilines is 1. The lowest BCUT2D eigenvalue weighted by Crippen LogP contribution is -2.36. The molecule has 5 heterocycles. The molecule has 0 bridgehead atoms. The molecule has 8 heteroatoms. The van der Waals surface area contributed by atoms with Gasteiger partial charge in [-0.1, -0.05) is 6.07 Å². The van der Waals surface area contributed by atoms with E-state index in [2.05, 4.69) is 26.6 Å². The Morgan fingerprint density at radius 3 is 3.03 bits per heavy atom. The highest BCUT2D eigenvalue weighted by atomic mass is 32.1. The van der Waals surface area contributed by atoms with Crippen molar-refractivity contribution in [2.24, 2.45) is 7.05 Å². The number of nitrogens with zero attached hydrogens (tertiary/aromatic N) is 3. The van der Waals surface area contributed by atoms with Crippen molar-refractivity contribution in [3.63, 3.8) is 0 Å². The summed E-state index contributed by atoms with van der Waals surface area (Å²) in [7, 11) is 1.73. The summed E-state index contributed by atoms with van der Waals surface area (Å²) in [6, 6.07) is 7.79. The van der Waals surface area contributed by atoms with Gasteiger partial charge in [-0.15, -0.1) is 11.3 Å². The number of amides is 1. The van der Waals surface area contributed by atoms with Crippen LogP contribution in [0.4, 0.5) is 5.82 Å². The Labute approximate surface area is 183 Å². The SMILES string of the molecule is Cc1ccc(NC(=O)CN2CCc3sccc3C2)nc1-c1cn(C)c(=O)c2[nH]ccc12. The number of hydrogen-bond donors (Lipinski definition) is 2. The summed E-state index contributed by atoms with van der Waals surface area (Å²) >= 11 is 1.79. The van der Waals surface area contributed by atoms with Crippen molar-refractivity contribution in [3.05, 3.63) is 68.4 Å². The maximum Gasteiger partial charge on any atom is 0.274 e. The third kappa shape index (κ3) is 3.68. The molecule has 0 atom stereocenters. The highest BCUT2D eigenvalue weighted by molar-refractivity contribution is 7.10. The van der Waals surface area contributed by atoms with Crippen LogP contribution in [0.3, 0.4) is 0 Å². The monoisotopic (exact) mass is 433 g/mol. The molecule has 0 aromatic carbocycles. The molecule has 0 fully saturated rings. The van der Waals surface area contributed by atoms with Crippen LogP contribution in [0.1, 0.15) is 16.0 Å². The van der Waals surface area contributed by atoms with Gasteiger partial charge >= 0.3 is 0 Å². The average Bonchev–Trinajstić information content (AvgIpc) is 3.41. The first-order chi connectivity index (χ1) is 15.0. The molecule has 158 valence electrons. The van der Waals surface area contributed by atoms with Crippen LogP contribution in [0.25, 0.3) is 22.2 Å². The Balaban J connectivity index is 1.38. The van der Waals surface area contributed by atoms with Gasteiger partial charge in [-0.25, -0.2) is 4.98 Å². The smallest absolute Gasteiger partial charge is 0.274 e. The number of H-pyrrole nitrogens is 1. The van der Waals surface area contributed by atoms with Crippen molar-refractivity contribution in [1.29, 1.82) is 0 Å². The number of hydrogen-bond acceptors (Lipinski definition) is 5. The first kappa shape index (κ1) is 19.7. The van der Waals surface area contributed by atoms with Gasteiger partial charge in [-0.3, -0.25) is 14.5 Å². The molecule has 4 aromatic heterocycles. The van der Waals surface area contributed by atoms with E-state index in [9.17, 15) is 9.59 Å². The van der Waals surface area contributed by atoms with Gasteiger partial charge in [0.15, 0.2) is 0 Å². The van der Waals surface area contributed by atoms with Gasteiger partial charge in [-0.05, 0) is 48.1 Å². The summed E-state index contributed by atoms with van der Waals surface area (Å²) < 4.78 is 1.55. The van der Waals surface area contributed by atoms with E-state index in [0.717, 1.165) is 41.7 Å². The molecular weight excluding hydrogens is 410 g/mol. The van der Waals surface area contributed by atoms with Crippen LogP contribution < -0.4 is 10.9 Å². The molecule has 0 radical (unpaired) electrons. The Hall–Kier alpha value is -3.23. The van der Waals surface area contributed by atoms with Gasteiger partial charge in [-0.2, -0.15) is 0 Å². The highest BCUT2D eigenvalue weighted by Gasteiger charge is 2.20. The largest absolute Gasteiger partial charge is 0.357 e. The molecule has 2 N–H and O–H groups in total. The van der Waals surface area contributed by atoms with Gasteiger partial charge in [0.05, 0.1) is 12.2 Å². The van der Waals surface area contributed by atoms with E-state index in [1.54, 1.807) is 35.3 Å². The minimum atomic E-state index is -0.0822. The molecule has 31 heavy (non-hydrogen) atoms. The number of rotatable bonds is 4. The van der Waals surface area contributed by atoms with E-state index in [1.165, 1.54) is 10.4 Å². The van der Waals surface area contributed by atoms with E-state index in [4.69, 9.17) is 4.98 Å². The summed E-state index contributed by atoms with van der Waals surface area (Å²) in [6.07, 6.45) is 4.55. The quantitative estimate of drug-likeness (QED) is 0.517. The second-order valence-corrected chi connectivity index (χ2v) is 8.97. The standard InChI is InChI=1S/C23H23N5O2S/c1-14-3-4-19(25-20(29)13-28-9-6-18-15(11-28)7-10-31-18)26-21(14)17-12-27(2)23(30)22-16(17)5-8-24-22/h3-5,7-8,10,12,24H,6,9,11,13H2,1-2H3,(H,25,26,29). The van der Waals surface area contributed by atoms with E-state index >= 15 is 0 Å². The Morgan fingerprint density at radius 2 is 2.16 bits per heavy atom. The number of nitrogens with one attached hydrogen (secondary N) is 2. The molecule has 1 aliphatic rings. The number of aromatic nitrogens is 3. The number of aromatic amines is 1. The van der Waals surface area contributed by atoms with E-state index in [0.29, 0.717) is 17.9 Å². The van der Waals surface area contributed by atoms with Crippen molar-refractivity contribution in [2.45, 2.75) is 19.9 Å². The van der Waals surface area contributed by atoms with Crippen molar-refractivity contribution in [2.75, 3.05) is 18.4 Å². The van der Waals surface area contributed by atoms with Gasteiger partial charge < -0.3 is 14.9 Å². The molecule has 5 rings (SSSR count). The second kappa shape index (κ2) is 7.79. The van der Waals surface area contributed by atoms with E-state index in [1.807, 2.05) is 25.1 Å².